The highest BCUT2D eigenvalue weighted by Crippen LogP contribution is 2.26. The van der Waals surface area contributed by atoms with Gasteiger partial charge in [-0.25, -0.2) is 18.1 Å². The van der Waals surface area contributed by atoms with Crippen LogP contribution in [0.4, 0.5) is 5.95 Å². The van der Waals surface area contributed by atoms with Crippen molar-refractivity contribution < 1.29 is 8.42 Å². The second-order valence-electron chi connectivity index (χ2n) is 4.42. The zero-order chi connectivity index (χ0) is 15.3. The normalized spacial score (nSPS) is 11.5. The molecule has 9 heteroatoms. The molecule has 0 aliphatic rings. The SMILES string of the molecule is CCCNCc1sc(S(=O)(=O)Nc2nccnn2)cc1C. The molecule has 0 amide bonds. The van der Waals surface area contributed by atoms with Gasteiger partial charge in [0.2, 0.25) is 0 Å². The van der Waals surface area contributed by atoms with Gasteiger partial charge in [-0.2, -0.15) is 5.10 Å². The van der Waals surface area contributed by atoms with E-state index in [-0.39, 0.29) is 10.2 Å². The predicted octanol–water partition coefficient (Wildman–Crippen LogP) is 1.54. The molecule has 7 nitrogen and oxygen atoms in total. The standard InChI is InChI=1S/C12H17N5O2S2/c1-3-4-13-8-10-9(2)7-11(20-10)21(18,19)17-12-14-5-6-15-16-12/h5-7,13H,3-4,8H2,1-2H3,(H,14,16,17). The molecule has 0 spiro atoms. The third-order valence-corrected chi connectivity index (χ3v) is 5.72. The summed E-state index contributed by atoms with van der Waals surface area (Å²) < 4.78 is 27.1. The van der Waals surface area contributed by atoms with Crippen molar-refractivity contribution in [1.29, 1.82) is 0 Å². The Kier molecular flexibility index (Phi) is 5.21. The smallest absolute Gasteiger partial charge is 0.273 e. The van der Waals surface area contributed by atoms with Crippen molar-refractivity contribution in [1.82, 2.24) is 20.5 Å². The van der Waals surface area contributed by atoms with E-state index in [1.165, 1.54) is 23.7 Å². The van der Waals surface area contributed by atoms with Crippen molar-refractivity contribution in [3.05, 3.63) is 28.9 Å². The van der Waals surface area contributed by atoms with Gasteiger partial charge in [0.15, 0.2) is 0 Å². The van der Waals surface area contributed by atoms with Gasteiger partial charge in [-0.05, 0) is 31.5 Å². The Labute approximate surface area is 127 Å². The van der Waals surface area contributed by atoms with Gasteiger partial charge in [-0.3, -0.25) is 0 Å². The van der Waals surface area contributed by atoms with E-state index in [2.05, 4.69) is 32.1 Å². The van der Waals surface area contributed by atoms with Crippen molar-refractivity contribution in [2.75, 3.05) is 11.3 Å². The third-order valence-electron chi connectivity index (χ3n) is 2.68. The Morgan fingerprint density at radius 3 is 2.81 bits per heavy atom. The zero-order valence-electron chi connectivity index (χ0n) is 11.8. The molecule has 0 aromatic carbocycles. The van der Waals surface area contributed by atoms with Gasteiger partial charge < -0.3 is 5.32 Å². The van der Waals surface area contributed by atoms with Gasteiger partial charge in [0.1, 0.15) is 4.21 Å². The molecule has 0 atom stereocenters. The van der Waals surface area contributed by atoms with Crippen LogP contribution in [-0.2, 0) is 16.6 Å². The van der Waals surface area contributed by atoms with Gasteiger partial charge in [-0.15, -0.1) is 16.4 Å². The molecule has 0 radical (unpaired) electrons. The zero-order valence-corrected chi connectivity index (χ0v) is 13.5. The van der Waals surface area contributed by atoms with Crippen molar-refractivity contribution in [3.63, 3.8) is 0 Å². The minimum Gasteiger partial charge on any atom is -0.312 e. The van der Waals surface area contributed by atoms with Crippen molar-refractivity contribution in [3.8, 4) is 0 Å². The van der Waals surface area contributed by atoms with Crippen LogP contribution in [0.2, 0.25) is 0 Å². The van der Waals surface area contributed by atoms with E-state index >= 15 is 0 Å². The van der Waals surface area contributed by atoms with Crippen LogP contribution in [0.1, 0.15) is 23.8 Å². The molecule has 2 N–H and O–H groups in total. The fourth-order valence-corrected chi connectivity index (χ4v) is 4.14. The van der Waals surface area contributed by atoms with Crippen LogP contribution in [-0.4, -0.2) is 30.1 Å². The first-order chi connectivity index (χ1) is 10.0. The van der Waals surface area contributed by atoms with Gasteiger partial charge in [0.05, 0.1) is 12.4 Å². The molecule has 0 bridgehead atoms. The highest BCUT2D eigenvalue weighted by atomic mass is 32.2. The van der Waals surface area contributed by atoms with Crippen molar-refractivity contribution in [2.24, 2.45) is 0 Å². The van der Waals surface area contributed by atoms with E-state index in [1.54, 1.807) is 6.07 Å². The lowest BCUT2D eigenvalue weighted by Crippen LogP contribution is -2.14. The third kappa shape index (κ3) is 4.19. The van der Waals surface area contributed by atoms with Gasteiger partial charge in [0, 0.05) is 11.4 Å². The number of anilines is 1. The summed E-state index contributed by atoms with van der Waals surface area (Å²) >= 11 is 1.25. The molecule has 0 unspecified atom stereocenters. The highest BCUT2D eigenvalue weighted by molar-refractivity contribution is 7.94. The maximum absolute atomic E-state index is 12.3. The lowest BCUT2D eigenvalue weighted by Gasteiger charge is -2.03. The van der Waals surface area contributed by atoms with Crippen LogP contribution in [0.15, 0.2) is 22.7 Å². The first kappa shape index (κ1) is 15.8. The average molecular weight is 327 g/mol. The highest BCUT2D eigenvalue weighted by Gasteiger charge is 2.20. The molecule has 2 aromatic rings. The summed E-state index contributed by atoms with van der Waals surface area (Å²) in [7, 11) is -3.67. The molecule has 0 saturated carbocycles. The van der Waals surface area contributed by atoms with E-state index in [9.17, 15) is 8.42 Å². The second-order valence-corrected chi connectivity index (χ2v) is 7.47. The molecule has 0 saturated heterocycles. The summed E-state index contributed by atoms with van der Waals surface area (Å²) in [6, 6.07) is 1.66. The molecule has 2 rings (SSSR count). The molecule has 0 aliphatic heterocycles. The second kappa shape index (κ2) is 6.92. The van der Waals surface area contributed by atoms with Gasteiger partial charge in [-0.1, -0.05) is 6.92 Å². The minimum absolute atomic E-state index is 0.0331. The fourth-order valence-electron chi connectivity index (χ4n) is 1.64. The fraction of sp³-hybridized carbons (Fsp3) is 0.417. The van der Waals surface area contributed by atoms with Crippen LogP contribution in [0.5, 0.6) is 0 Å². The Bertz CT molecular complexity index is 685. The molecule has 2 heterocycles. The Hall–Kier alpha value is -1.58. The van der Waals surface area contributed by atoms with Crippen molar-refractivity contribution in [2.45, 2.75) is 31.0 Å². The largest absolute Gasteiger partial charge is 0.312 e. The van der Waals surface area contributed by atoms with E-state index in [0.717, 1.165) is 23.4 Å². The van der Waals surface area contributed by atoms with Crippen LogP contribution in [0.3, 0.4) is 0 Å². The number of aryl methyl sites for hydroxylation is 1. The number of thiophene rings is 1. The number of rotatable bonds is 7. The van der Waals surface area contributed by atoms with Crippen LogP contribution < -0.4 is 10.0 Å². The first-order valence-corrected chi connectivity index (χ1v) is 8.79. The maximum Gasteiger partial charge on any atom is 0.273 e. The Balaban J connectivity index is 2.15. The summed E-state index contributed by atoms with van der Waals surface area (Å²) in [6.45, 7) is 5.56. The summed E-state index contributed by atoms with van der Waals surface area (Å²) in [5.74, 6) is -0.0331. The Morgan fingerprint density at radius 2 is 2.14 bits per heavy atom. The van der Waals surface area contributed by atoms with Gasteiger partial charge in [0.25, 0.3) is 16.0 Å². The number of hydrogen-bond acceptors (Lipinski definition) is 7. The number of nitrogens with zero attached hydrogens (tertiary/aromatic N) is 3. The topological polar surface area (TPSA) is 96.9 Å². The average Bonchev–Trinajstić information content (AvgIpc) is 2.82. The van der Waals surface area contributed by atoms with Crippen LogP contribution >= 0.6 is 11.3 Å². The van der Waals surface area contributed by atoms with E-state index < -0.39 is 10.0 Å². The number of aromatic nitrogens is 3. The van der Waals surface area contributed by atoms with Crippen molar-refractivity contribution >= 4 is 27.3 Å². The molecule has 2 aromatic heterocycles. The number of sulfonamides is 1. The summed E-state index contributed by atoms with van der Waals surface area (Å²) in [5.41, 5.74) is 0.955. The van der Waals surface area contributed by atoms with E-state index in [0.29, 0.717) is 6.54 Å². The molecule has 0 fully saturated rings. The molecular weight excluding hydrogens is 310 g/mol. The monoisotopic (exact) mass is 327 g/mol. The lowest BCUT2D eigenvalue weighted by molar-refractivity contribution is 0.602. The number of hydrogen-bond donors (Lipinski definition) is 2. The quantitative estimate of drug-likeness (QED) is 0.749. The predicted molar refractivity (Wildman–Crippen MR) is 81.7 cm³/mol. The lowest BCUT2D eigenvalue weighted by atomic mass is 10.3. The Morgan fingerprint density at radius 1 is 1.33 bits per heavy atom. The molecular formula is C12H17N5O2S2. The summed E-state index contributed by atoms with van der Waals surface area (Å²) in [4.78, 5) is 4.82. The summed E-state index contributed by atoms with van der Waals surface area (Å²) in [5, 5.41) is 10.5. The van der Waals surface area contributed by atoms with Crippen LogP contribution in [0, 0.1) is 6.92 Å². The minimum atomic E-state index is -3.67. The maximum atomic E-state index is 12.3. The first-order valence-electron chi connectivity index (χ1n) is 6.49. The van der Waals surface area contributed by atoms with E-state index in [1.807, 2.05) is 6.92 Å². The van der Waals surface area contributed by atoms with Gasteiger partial charge >= 0.3 is 0 Å². The van der Waals surface area contributed by atoms with E-state index in [4.69, 9.17) is 0 Å². The number of nitrogens with one attached hydrogen (secondary N) is 2. The summed E-state index contributed by atoms with van der Waals surface area (Å²) in [6.07, 6.45) is 3.80. The molecule has 21 heavy (non-hydrogen) atoms. The molecule has 114 valence electrons. The van der Waals surface area contributed by atoms with Crippen LogP contribution in [0.25, 0.3) is 0 Å². The molecule has 0 aliphatic carbocycles.